The molecule has 1 amide bonds. The number of aromatic nitrogens is 1. The van der Waals surface area contributed by atoms with Crippen LogP contribution < -0.4 is 15.2 Å². The molecule has 0 atom stereocenters. The normalized spacial score (nSPS) is 14.0. The number of esters is 1. The summed E-state index contributed by atoms with van der Waals surface area (Å²) in [5.41, 5.74) is 0.327. The molecule has 0 saturated carbocycles. The Morgan fingerprint density at radius 2 is 1.81 bits per heavy atom. The van der Waals surface area contributed by atoms with Gasteiger partial charge in [0, 0.05) is 32.4 Å². The van der Waals surface area contributed by atoms with E-state index in [-0.39, 0.29) is 18.1 Å². The van der Waals surface area contributed by atoms with Gasteiger partial charge in [0.2, 0.25) is 0 Å². The first-order chi connectivity index (χ1) is 13.1. The first-order valence-corrected chi connectivity index (χ1v) is 8.60. The molecule has 0 unspecified atom stereocenters. The van der Waals surface area contributed by atoms with E-state index in [4.69, 9.17) is 9.47 Å². The van der Waals surface area contributed by atoms with Crippen molar-refractivity contribution in [3.8, 4) is 5.75 Å². The van der Waals surface area contributed by atoms with Crippen molar-refractivity contribution in [2.75, 3.05) is 44.8 Å². The molecule has 0 aliphatic carbocycles. The molecule has 1 aliphatic heterocycles. The number of para-hydroxylation sites is 2. The van der Waals surface area contributed by atoms with Crippen LogP contribution in [0.3, 0.4) is 0 Å². The summed E-state index contributed by atoms with van der Waals surface area (Å²) >= 11 is 0. The second-order valence-corrected chi connectivity index (χ2v) is 6.03. The maximum atomic E-state index is 12.3. The molecule has 1 fully saturated rings. The van der Waals surface area contributed by atoms with Crippen LogP contribution in [0.2, 0.25) is 0 Å². The van der Waals surface area contributed by atoms with E-state index in [1.807, 2.05) is 24.3 Å². The van der Waals surface area contributed by atoms with Gasteiger partial charge in [0.15, 0.2) is 6.61 Å². The van der Waals surface area contributed by atoms with Crippen molar-refractivity contribution >= 4 is 17.6 Å². The topological polar surface area (TPSA) is 91.9 Å². The zero-order chi connectivity index (χ0) is 19.2. The molecule has 1 aliphatic rings. The van der Waals surface area contributed by atoms with Crippen molar-refractivity contribution in [1.29, 1.82) is 0 Å². The Morgan fingerprint density at radius 1 is 1.07 bits per heavy atom. The summed E-state index contributed by atoms with van der Waals surface area (Å²) in [4.78, 5) is 42.0. The molecule has 1 N–H and O–H groups in total. The Hall–Kier alpha value is -3.29. The van der Waals surface area contributed by atoms with Crippen molar-refractivity contribution in [2.24, 2.45) is 0 Å². The Kier molecular flexibility index (Phi) is 5.75. The van der Waals surface area contributed by atoms with E-state index in [2.05, 4.69) is 9.88 Å². The number of nitrogens with zero attached hydrogens (tertiary/aromatic N) is 2. The predicted molar refractivity (Wildman–Crippen MR) is 99.1 cm³/mol. The molecular formula is C19H21N3O5. The van der Waals surface area contributed by atoms with Crippen LogP contribution in [0.25, 0.3) is 0 Å². The van der Waals surface area contributed by atoms with Gasteiger partial charge in [-0.1, -0.05) is 12.1 Å². The summed E-state index contributed by atoms with van der Waals surface area (Å²) in [5.74, 6) is -0.299. The first kappa shape index (κ1) is 18.5. The zero-order valence-electron chi connectivity index (χ0n) is 15.0. The summed E-state index contributed by atoms with van der Waals surface area (Å²) in [5, 5.41) is 0. The van der Waals surface area contributed by atoms with Crippen molar-refractivity contribution in [1.82, 2.24) is 9.88 Å². The number of H-pyrrole nitrogens is 1. The quantitative estimate of drug-likeness (QED) is 0.785. The Bertz CT molecular complexity index is 871. The highest BCUT2D eigenvalue weighted by Crippen LogP contribution is 2.28. The summed E-state index contributed by atoms with van der Waals surface area (Å²) in [6.45, 7) is 1.94. The minimum absolute atomic E-state index is 0.119. The SMILES string of the molecule is COc1ccccc1N1CCN(C(=O)COC(=O)c2ccc[nH]c2=O)CC1. The summed E-state index contributed by atoms with van der Waals surface area (Å²) in [7, 11) is 1.63. The smallest absolute Gasteiger partial charge is 0.344 e. The monoisotopic (exact) mass is 371 g/mol. The highest BCUT2D eigenvalue weighted by atomic mass is 16.5. The lowest BCUT2D eigenvalue weighted by Gasteiger charge is -2.36. The van der Waals surface area contributed by atoms with Gasteiger partial charge in [-0.25, -0.2) is 4.79 Å². The molecule has 27 heavy (non-hydrogen) atoms. The fraction of sp³-hybridized carbons (Fsp3) is 0.316. The van der Waals surface area contributed by atoms with Gasteiger partial charge in [0.05, 0.1) is 12.8 Å². The number of nitrogens with one attached hydrogen (secondary N) is 1. The van der Waals surface area contributed by atoms with E-state index in [9.17, 15) is 14.4 Å². The van der Waals surface area contributed by atoms with Crippen LogP contribution in [0.1, 0.15) is 10.4 Å². The van der Waals surface area contributed by atoms with Crippen molar-refractivity contribution in [3.05, 3.63) is 58.5 Å². The van der Waals surface area contributed by atoms with Crippen molar-refractivity contribution in [2.45, 2.75) is 0 Å². The fourth-order valence-electron chi connectivity index (χ4n) is 2.97. The second-order valence-electron chi connectivity index (χ2n) is 6.03. The number of carbonyl (C=O) groups excluding carboxylic acids is 2. The first-order valence-electron chi connectivity index (χ1n) is 8.60. The molecule has 2 aromatic rings. The number of aromatic amines is 1. The van der Waals surface area contributed by atoms with Crippen LogP contribution in [0.5, 0.6) is 5.75 Å². The van der Waals surface area contributed by atoms with E-state index in [1.54, 1.807) is 12.0 Å². The largest absolute Gasteiger partial charge is 0.495 e. The third kappa shape index (κ3) is 4.28. The lowest BCUT2D eigenvalue weighted by atomic mass is 10.2. The number of benzene rings is 1. The van der Waals surface area contributed by atoms with Crippen LogP contribution >= 0.6 is 0 Å². The van der Waals surface area contributed by atoms with E-state index in [0.29, 0.717) is 26.2 Å². The maximum Gasteiger partial charge on any atom is 0.344 e. The fourth-order valence-corrected chi connectivity index (χ4v) is 2.97. The molecule has 1 saturated heterocycles. The molecule has 0 spiro atoms. The van der Waals surface area contributed by atoms with Gasteiger partial charge in [0.25, 0.3) is 11.5 Å². The van der Waals surface area contributed by atoms with E-state index >= 15 is 0 Å². The molecule has 0 bridgehead atoms. The van der Waals surface area contributed by atoms with Crippen LogP contribution in [-0.4, -0.2) is 61.7 Å². The van der Waals surface area contributed by atoms with Gasteiger partial charge >= 0.3 is 5.97 Å². The Labute approximate surface area is 156 Å². The van der Waals surface area contributed by atoms with Crippen molar-refractivity contribution in [3.63, 3.8) is 0 Å². The molecule has 142 valence electrons. The molecular weight excluding hydrogens is 350 g/mol. The molecule has 1 aromatic carbocycles. The third-order valence-electron chi connectivity index (χ3n) is 4.42. The molecule has 0 radical (unpaired) electrons. The number of ether oxygens (including phenoxy) is 2. The lowest BCUT2D eigenvalue weighted by molar-refractivity contribution is -0.134. The van der Waals surface area contributed by atoms with Gasteiger partial charge in [-0.05, 0) is 24.3 Å². The zero-order valence-corrected chi connectivity index (χ0v) is 15.0. The Balaban J connectivity index is 1.52. The van der Waals surface area contributed by atoms with E-state index in [0.717, 1.165) is 11.4 Å². The third-order valence-corrected chi connectivity index (χ3v) is 4.42. The number of piperazine rings is 1. The molecule has 8 nitrogen and oxygen atoms in total. The van der Waals surface area contributed by atoms with Gasteiger partial charge < -0.3 is 24.3 Å². The van der Waals surface area contributed by atoms with E-state index in [1.165, 1.54) is 18.3 Å². The van der Waals surface area contributed by atoms with Gasteiger partial charge in [-0.3, -0.25) is 9.59 Å². The number of carbonyl (C=O) groups is 2. The van der Waals surface area contributed by atoms with Crippen LogP contribution in [-0.2, 0) is 9.53 Å². The van der Waals surface area contributed by atoms with Crippen molar-refractivity contribution < 1.29 is 19.1 Å². The number of hydrogen-bond donors (Lipinski definition) is 1. The lowest BCUT2D eigenvalue weighted by Crippen LogP contribution is -2.50. The summed E-state index contributed by atoms with van der Waals surface area (Å²) < 4.78 is 10.4. The highest BCUT2D eigenvalue weighted by Gasteiger charge is 2.24. The van der Waals surface area contributed by atoms with Crippen LogP contribution in [0, 0.1) is 0 Å². The second kappa shape index (κ2) is 8.39. The minimum Gasteiger partial charge on any atom is -0.495 e. The minimum atomic E-state index is -0.808. The predicted octanol–water partition coefficient (Wildman–Crippen LogP) is 0.889. The number of rotatable bonds is 5. The molecule has 3 rings (SSSR count). The van der Waals surface area contributed by atoms with Crippen LogP contribution in [0.15, 0.2) is 47.4 Å². The summed E-state index contributed by atoms with van der Waals surface area (Å²) in [6, 6.07) is 10.6. The average molecular weight is 371 g/mol. The molecule has 1 aromatic heterocycles. The number of methoxy groups -OCH3 is 1. The van der Waals surface area contributed by atoms with E-state index < -0.39 is 11.5 Å². The number of amides is 1. The number of hydrogen-bond acceptors (Lipinski definition) is 6. The number of anilines is 1. The summed E-state index contributed by atoms with van der Waals surface area (Å²) in [6.07, 6.45) is 1.42. The van der Waals surface area contributed by atoms with Gasteiger partial charge in [-0.2, -0.15) is 0 Å². The average Bonchev–Trinajstić information content (AvgIpc) is 2.72. The van der Waals surface area contributed by atoms with Gasteiger partial charge in [0.1, 0.15) is 11.3 Å². The standard InChI is InChI=1S/C19H21N3O5/c1-26-16-7-3-2-6-15(16)21-9-11-22(12-10-21)17(23)13-27-19(25)14-5-4-8-20-18(14)24/h2-8H,9-13H2,1H3,(H,20,24). The molecule has 8 heteroatoms. The van der Waals surface area contributed by atoms with Crippen LogP contribution in [0.4, 0.5) is 5.69 Å². The molecule has 2 heterocycles. The maximum absolute atomic E-state index is 12.3. The Morgan fingerprint density at radius 3 is 2.52 bits per heavy atom. The highest BCUT2D eigenvalue weighted by molar-refractivity contribution is 5.90. The van der Waals surface area contributed by atoms with Gasteiger partial charge in [-0.15, -0.1) is 0 Å². The number of pyridine rings is 1.